The molecule has 0 fully saturated rings. The van der Waals surface area contributed by atoms with E-state index in [1.807, 2.05) is 30.3 Å². The molecule has 6 nitrogen and oxygen atoms in total. The third kappa shape index (κ3) is 5.57. The molecule has 0 aliphatic carbocycles. The fourth-order valence-electron chi connectivity index (χ4n) is 8.71. The summed E-state index contributed by atoms with van der Waals surface area (Å²) in [6.45, 7) is 0. The van der Waals surface area contributed by atoms with E-state index in [1.165, 1.54) is 21.8 Å². The molecule has 12 rings (SSSR count). The summed E-state index contributed by atoms with van der Waals surface area (Å²) in [6, 6.07) is 67.6. The van der Waals surface area contributed by atoms with Crippen LogP contribution >= 0.6 is 0 Å². The van der Waals surface area contributed by atoms with Crippen molar-refractivity contribution in [2.75, 3.05) is 0 Å². The van der Waals surface area contributed by atoms with E-state index in [0.29, 0.717) is 5.82 Å². The number of hydrogen-bond donors (Lipinski definition) is 0. The Kier molecular flexibility index (Phi) is 7.74. The fourth-order valence-corrected chi connectivity index (χ4v) is 8.71. The molecule has 5 aromatic heterocycles. The molecule has 0 saturated carbocycles. The lowest BCUT2D eigenvalue weighted by atomic mass is 9.99. The van der Waals surface area contributed by atoms with Crippen molar-refractivity contribution >= 4 is 49.1 Å². The summed E-state index contributed by atoms with van der Waals surface area (Å²) in [4.78, 5) is 20.8. The van der Waals surface area contributed by atoms with Crippen LogP contribution in [0.3, 0.4) is 0 Å². The van der Waals surface area contributed by atoms with Gasteiger partial charge in [-0.3, -0.25) is 0 Å². The van der Waals surface area contributed by atoms with E-state index in [0.717, 1.165) is 83.6 Å². The van der Waals surface area contributed by atoms with Crippen LogP contribution in [-0.2, 0) is 0 Å². The Morgan fingerprint density at radius 3 is 1.68 bits per heavy atom. The summed E-state index contributed by atoms with van der Waals surface area (Å²) < 4.78 is 4.47. The van der Waals surface area contributed by atoms with Gasteiger partial charge in [0.25, 0.3) is 0 Å². The second-order valence-electron chi connectivity index (χ2n) is 15.1. The Labute approximate surface area is 345 Å². The summed E-state index contributed by atoms with van der Waals surface area (Å²) in [5.41, 5.74) is 13.9. The van der Waals surface area contributed by atoms with Crippen LogP contribution in [0, 0.1) is 0 Å². The van der Waals surface area contributed by atoms with Crippen molar-refractivity contribution in [3.8, 4) is 62.1 Å². The van der Waals surface area contributed by atoms with E-state index in [2.05, 4.69) is 185 Å². The van der Waals surface area contributed by atoms with Crippen LogP contribution in [-0.4, -0.2) is 28.9 Å². The van der Waals surface area contributed by atoms with Gasteiger partial charge in [-0.05, 0) is 42.5 Å². The number of rotatable bonds is 6. The minimum absolute atomic E-state index is 0.676. The average Bonchev–Trinajstić information content (AvgIpc) is 3.92. The Balaban J connectivity index is 0.983. The molecule has 0 atom stereocenters. The molecule has 60 heavy (non-hydrogen) atoms. The number of imidazole rings is 1. The standard InChI is InChI=1S/C54H34N6/c1-3-14-35(15-4-1)48-34-59-31-30-44-51(54(59)58-48)43-22-7-10-23-45(43)55-52(44)37-28-26-36(27-29-37)46-33-47(57-53(56-46)38-16-5-2-6-17-38)39-18-13-19-40(32-39)60-49-24-11-8-20-41(49)42-21-9-12-25-50(42)60/h1-34H. The van der Waals surface area contributed by atoms with Gasteiger partial charge in [0.2, 0.25) is 0 Å². The van der Waals surface area contributed by atoms with Gasteiger partial charge in [-0.1, -0.05) is 152 Å². The molecule has 0 aliphatic heterocycles. The Hall–Kier alpha value is -8.22. The zero-order valence-corrected chi connectivity index (χ0v) is 32.3. The maximum Gasteiger partial charge on any atom is 0.160 e. The smallest absolute Gasteiger partial charge is 0.160 e. The molecule has 0 amide bonds. The third-order valence-corrected chi connectivity index (χ3v) is 11.5. The second-order valence-corrected chi connectivity index (χ2v) is 15.1. The number of aromatic nitrogens is 6. The molecule has 0 spiro atoms. The van der Waals surface area contributed by atoms with Gasteiger partial charge in [0.05, 0.1) is 39.3 Å². The van der Waals surface area contributed by atoms with Crippen LogP contribution in [0.25, 0.3) is 111 Å². The first-order valence-electron chi connectivity index (χ1n) is 20.1. The SMILES string of the molecule is c1ccc(-c2cn3ccc4c(-c5ccc(-c6cc(-c7cccc(-n8c9ccccc9c9ccccc98)c7)nc(-c7ccccc7)n6)cc5)nc5ccccc5c4c3n2)cc1. The highest BCUT2D eigenvalue weighted by atomic mass is 15.0. The number of pyridine rings is 2. The van der Waals surface area contributed by atoms with Crippen LogP contribution in [0.2, 0.25) is 0 Å². The summed E-state index contributed by atoms with van der Waals surface area (Å²) in [6.07, 6.45) is 4.20. The van der Waals surface area contributed by atoms with Crippen molar-refractivity contribution in [2.45, 2.75) is 0 Å². The highest BCUT2D eigenvalue weighted by Crippen LogP contribution is 2.38. The van der Waals surface area contributed by atoms with Gasteiger partial charge in [0.15, 0.2) is 5.82 Å². The quantitative estimate of drug-likeness (QED) is 0.158. The zero-order chi connectivity index (χ0) is 39.6. The first kappa shape index (κ1) is 33.9. The molecule has 0 aliphatic rings. The van der Waals surface area contributed by atoms with Gasteiger partial charge in [-0.25, -0.2) is 19.9 Å². The van der Waals surface area contributed by atoms with Crippen LogP contribution in [0.15, 0.2) is 207 Å². The predicted octanol–water partition coefficient (Wildman–Crippen LogP) is 13.3. The summed E-state index contributed by atoms with van der Waals surface area (Å²) in [7, 11) is 0. The first-order valence-corrected chi connectivity index (χ1v) is 20.1. The van der Waals surface area contributed by atoms with Crippen molar-refractivity contribution in [2.24, 2.45) is 0 Å². The summed E-state index contributed by atoms with van der Waals surface area (Å²) >= 11 is 0. The van der Waals surface area contributed by atoms with E-state index >= 15 is 0 Å². The number of fused-ring (bicyclic) bond motifs is 8. The molecule has 0 bridgehead atoms. The monoisotopic (exact) mass is 766 g/mol. The van der Waals surface area contributed by atoms with Gasteiger partial charge in [-0.2, -0.15) is 0 Å². The van der Waals surface area contributed by atoms with Crippen molar-refractivity contribution in [1.29, 1.82) is 0 Å². The molecule has 0 unspecified atom stereocenters. The minimum atomic E-state index is 0.676. The van der Waals surface area contributed by atoms with Crippen LogP contribution in [0.5, 0.6) is 0 Å². The number of hydrogen-bond acceptors (Lipinski definition) is 4. The molecule has 12 aromatic rings. The molecule has 6 heteroatoms. The van der Waals surface area contributed by atoms with Gasteiger partial charge in [0, 0.05) is 72.8 Å². The van der Waals surface area contributed by atoms with Crippen molar-refractivity contribution < 1.29 is 0 Å². The van der Waals surface area contributed by atoms with E-state index in [-0.39, 0.29) is 0 Å². The molecule has 7 aromatic carbocycles. The van der Waals surface area contributed by atoms with Crippen molar-refractivity contribution in [3.63, 3.8) is 0 Å². The van der Waals surface area contributed by atoms with Crippen LogP contribution in [0.1, 0.15) is 0 Å². The van der Waals surface area contributed by atoms with E-state index in [1.54, 1.807) is 0 Å². The van der Waals surface area contributed by atoms with Crippen LogP contribution in [0.4, 0.5) is 0 Å². The minimum Gasteiger partial charge on any atom is -0.309 e. The maximum absolute atomic E-state index is 5.26. The lowest BCUT2D eigenvalue weighted by Crippen LogP contribution is -1.98. The fraction of sp³-hybridized carbons (Fsp3) is 0. The van der Waals surface area contributed by atoms with Gasteiger partial charge in [-0.15, -0.1) is 0 Å². The Morgan fingerprint density at radius 1 is 0.367 bits per heavy atom. The highest BCUT2D eigenvalue weighted by Gasteiger charge is 2.18. The molecule has 0 saturated heterocycles. The van der Waals surface area contributed by atoms with E-state index in [4.69, 9.17) is 19.9 Å². The largest absolute Gasteiger partial charge is 0.309 e. The molecular weight excluding hydrogens is 733 g/mol. The highest BCUT2D eigenvalue weighted by molar-refractivity contribution is 6.17. The van der Waals surface area contributed by atoms with Gasteiger partial charge < -0.3 is 8.97 Å². The number of benzene rings is 7. The van der Waals surface area contributed by atoms with Gasteiger partial charge in [0.1, 0.15) is 5.65 Å². The summed E-state index contributed by atoms with van der Waals surface area (Å²) in [5, 5.41) is 5.68. The lowest BCUT2D eigenvalue weighted by molar-refractivity contribution is 1.16. The molecule has 5 heterocycles. The number of para-hydroxylation sites is 3. The Morgan fingerprint density at radius 2 is 0.950 bits per heavy atom. The number of nitrogens with zero attached hydrogens (tertiary/aromatic N) is 6. The third-order valence-electron chi connectivity index (χ3n) is 11.5. The second kappa shape index (κ2) is 13.7. The zero-order valence-electron chi connectivity index (χ0n) is 32.3. The first-order chi connectivity index (χ1) is 29.7. The topological polar surface area (TPSA) is 60.9 Å². The molecular formula is C54H34N6. The molecule has 280 valence electrons. The van der Waals surface area contributed by atoms with Crippen LogP contribution < -0.4 is 0 Å². The average molecular weight is 767 g/mol. The Bertz CT molecular complexity index is 3530. The normalized spacial score (nSPS) is 11.7. The molecule has 0 N–H and O–H groups in total. The van der Waals surface area contributed by atoms with E-state index < -0.39 is 0 Å². The van der Waals surface area contributed by atoms with Crippen molar-refractivity contribution in [3.05, 3.63) is 207 Å². The maximum atomic E-state index is 5.26. The predicted molar refractivity (Wildman–Crippen MR) is 245 cm³/mol. The van der Waals surface area contributed by atoms with Gasteiger partial charge >= 0.3 is 0 Å². The molecule has 0 radical (unpaired) electrons. The van der Waals surface area contributed by atoms with E-state index in [9.17, 15) is 0 Å². The summed E-state index contributed by atoms with van der Waals surface area (Å²) in [5.74, 6) is 0.676. The lowest BCUT2D eigenvalue weighted by Gasteiger charge is -2.13. The van der Waals surface area contributed by atoms with Crippen molar-refractivity contribution in [1.82, 2.24) is 28.9 Å².